The number of hydrogen-bond donors (Lipinski definition) is 2. The minimum atomic E-state index is -0.927. The molecule has 8 heteroatoms. The van der Waals surface area contributed by atoms with E-state index in [4.69, 9.17) is 0 Å². The smallest absolute Gasteiger partial charge is 0.273 e. The van der Waals surface area contributed by atoms with Crippen molar-refractivity contribution in [3.63, 3.8) is 0 Å². The molecule has 2 unspecified atom stereocenters. The summed E-state index contributed by atoms with van der Waals surface area (Å²) in [4.78, 5) is 11.8. The van der Waals surface area contributed by atoms with Gasteiger partial charge in [0.2, 0.25) is 0 Å². The maximum atomic E-state index is 11.8. The van der Waals surface area contributed by atoms with Crippen LogP contribution in [0.4, 0.5) is 0 Å². The van der Waals surface area contributed by atoms with E-state index in [2.05, 4.69) is 20.9 Å². The van der Waals surface area contributed by atoms with Crippen molar-refractivity contribution in [1.82, 2.24) is 25.6 Å². The van der Waals surface area contributed by atoms with Gasteiger partial charge in [0.05, 0.1) is 12.2 Å². The first-order chi connectivity index (χ1) is 8.56. The van der Waals surface area contributed by atoms with E-state index in [0.29, 0.717) is 17.5 Å². The van der Waals surface area contributed by atoms with Gasteiger partial charge >= 0.3 is 0 Å². The average molecular weight is 271 g/mol. The van der Waals surface area contributed by atoms with Gasteiger partial charge in [0.15, 0.2) is 5.69 Å². The van der Waals surface area contributed by atoms with Crippen LogP contribution in [-0.2, 0) is 10.8 Å². The first-order valence-electron chi connectivity index (χ1n) is 5.79. The van der Waals surface area contributed by atoms with Crippen LogP contribution < -0.4 is 10.6 Å². The Morgan fingerprint density at radius 3 is 3.00 bits per heavy atom. The van der Waals surface area contributed by atoms with Crippen molar-refractivity contribution in [2.75, 3.05) is 25.1 Å². The SMILES string of the molecule is CC(CS(C)=O)NC(=O)c1cn(C2CNC2)nn1. The van der Waals surface area contributed by atoms with Crippen LogP contribution >= 0.6 is 0 Å². The molecule has 2 atom stereocenters. The number of rotatable bonds is 5. The van der Waals surface area contributed by atoms with Crippen LogP contribution in [0.15, 0.2) is 6.20 Å². The zero-order valence-electron chi connectivity index (χ0n) is 10.4. The van der Waals surface area contributed by atoms with E-state index >= 15 is 0 Å². The summed E-state index contributed by atoms with van der Waals surface area (Å²) in [5.74, 6) is 0.165. The van der Waals surface area contributed by atoms with E-state index in [9.17, 15) is 9.00 Å². The molecule has 0 aliphatic carbocycles. The van der Waals surface area contributed by atoms with Gasteiger partial charge in [-0.1, -0.05) is 5.21 Å². The lowest BCUT2D eigenvalue weighted by atomic mass is 10.2. The molecule has 7 nitrogen and oxygen atoms in total. The number of aromatic nitrogens is 3. The Morgan fingerprint density at radius 1 is 1.72 bits per heavy atom. The van der Waals surface area contributed by atoms with Gasteiger partial charge in [-0.25, -0.2) is 4.68 Å². The predicted molar refractivity (Wildman–Crippen MR) is 67.8 cm³/mol. The van der Waals surface area contributed by atoms with Crippen LogP contribution in [0.5, 0.6) is 0 Å². The Bertz CT molecular complexity index is 457. The number of hydrogen-bond acceptors (Lipinski definition) is 5. The zero-order valence-corrected chi connectivity index (χ0v) is 11.2. The van der Waals surface area contributed by atoms with E-state index in [1.165, 1.54) is 0 Å². The van der Waals surface area contributed by atoms with Gasteiger partial charge in [0.25, 0.3) is 5.91 Å². The van der Waals surface area contributed by atoms with Gasteiger partial charge in [-0.05, 0) is 6.92 Å². The first-order valence-corrected chi connectivity index (χ1v) is 7.52. The maximum absolute atomic E-state index is 11.8. The monoisotopic (exact) mass is 271 g/mol. The summed E-state index contributed by atoms with van der Waals surface area (Å²) >= 11 is 0. The molecule has 0 bridgehead atoms. The van der Waals surface area contributed by atoms with Gasteiger partial charge in [0.1, 0.15) is 0 Å². The van der Waals surface area contributed by atoms with Crippen LogP contribution in [0.1, 0.15) is 23.5 Å². The molecule has 1 aromatic rings. The molecule has 0 spiro atoms. The van der Waals surface area contributed by atoms with Crippen molar-refractivity contribution in [2.24, 2.45) is 0 Å². The molecule has 1 amide bonds. The zero-order chi connectivity index (χ0) is 13.1. The Morgan fingerprint density at radius 2 is 2.44 bits per heavy atom. The molecule has 18 heavy (non-hydrogen) atoms. The minimum absolute atomic E-state index is 0.140. The van der Waals surface area contributed by atoms with Crippen LogP contribution in [0.25, 0.3) is 0 Å². The fraction of sp³-hybridized carbons (Fsp3) is 0.700. The third-order valence-corrected chi connectivity index (χ3v) is 3.71. The normalized spacial score (nSPS) is 19.0. The van der Waals surface area contributed by atoms with Crippen LogP contribution in [0, 0.1) is 0 Å². The highest BCUT2D eigenvalue weighted by Gasteiger charge is 2.22. The summed E-state index contributed by atoms with van der Waals surface area (Å²) in [7, 11) is -0.927. The highest BCUT2D eigenvalue weighted by atomic mass is 32.2. The molecule has 1 aliphatic rings. The van der Waals surface area contributed by atoms with E-state index in [1.54, 1.807) is 17.1 Å². The Labute approximate surface area is 108 Å². The standard InChI is InChI=1S/C10H17N5O2S/c1-7(6-18(2)17)12-10(16)9-5-15(14-13-9)8-3-11-4-8/h5,7-8,11H,3-4,6H2,1-2H3,(H,12,16). The summed E-state index contributed by atoms with van der Waals surface area (Å²) in [6.07, 6.45) is 3.26. The molecule has 1 aliphatic heterocycles. The van der Waals surface area contributed by atoms with Crippen molar-refractivity contribution >= 4 is 16.7 Å². The van der Waals surface area contributed by atoms with Gasteiger partial charge < -0.3 is 10.6 Å². The number of carbonyl (C=O) groups is 1. The average Bonchev–Trinajstić information content (AvgIpc) is 2.62. The largest absolute Gasteiger partial charge is 0.347 e. The minimum Gasteiger partial charge on any atom is -0.347 e. The Balaban J connectivity index is 1.92. The Hall–Kier alpha value is -1.28. The first kappa shape index (κ1) is 13.2. The molecule has 1 saturated heterocycles. The molecule has 2 N–H and O–H groups in total. The highest BCUT2D eigenvalue weighted by Crippen LogP contribution is 2.09. The van der Waals surface area contributed by atoms with E-state index in [0.717, 1.165) is 13.1 Å². The summed E-state index contributed by atoms with van der Waals surface area (Å²) in [5, 5.41) is 13.7. The van der Waals surface area contributed by atoms with Crippen LogP contribution in [-0.4, -0.2) is 56.2 Å². The molecular weight excluding hydrogens is 254 g/mol. The fourth-order valence-corrected chi connectivity index (χ4v) is 2.50. The van der Waals surface area contributed by atoms with Crippen molar-refractivity contribution in [3.8, 4) is 0 Å². The molecular formula is C10H17N5O2S. The van der Waals surface area contributed by atoms with Crippen molar-refractivity contribution < 1.29 is 9.00 Å². The highest BCUT2D eigenvalue weighted by molar-refractivity contribution is 7.84. The summed E-state index contributed by atoms with van der Waals surface area (Å²) in [6.45, 7) is 3.53. The van der Waals surface area contributed by atoms with Gasteiger partial charge in [-0.2, -0.15) is 0 Å². The van der Waals surface area contributed by atoms with Crippen LogP contribution in [0.2, 0.25) is 0 Å². The van der Waals surface area contributed by atoms with E-state index < -0.39 is 10.8 Å². The lowest BCUT2D eigenvalue weighted by Gasteiger charge is -2.26. The lowest BCUT2D eigenvalue weighted by Crippen LogP contribution is -2.43. The Kier molecular flexibility index (Phi) is 4.07. The maximum Gasteiger partial charge on any atom is 0.273 e. The molecule has 2 rings (SSSR count). The fourth-order valence-electron chi connectivity index (χ4n) is 1.71. The number of nitrogens with zero attached hydrogens (tertiary/aromatic N) is 3. The van der Waals surface area contributed by atoms with Crippen molar-refractivity contribution in [2.45, 2.75) is 19.0 Å². The van der Waals surface area contributed by atoms with Gasteiger partial charge in [-0.3, -0.25) is 9.00 Å². The summed E-state index contributed by atoms with van der Waals surface area (Å²) < 4.78 is 12.7. The molecule has 0 aromatic carbocycles. The molecule has 100 valence electrons. The molecule has 0 saturated carbocycles. The second-order valence-electron chi connectivity index (χ2n) is 4.51. The molecule has 2 heterocycles. The third-order valence-electron chi connectivity index (χ3n) is 2.74. The third kappa shape index (κ3) is 3.14. The summed E-state index contributed by atoms with van der Waals surface area (Å²) in [6, 6.07) is 0.151. The summed E-state index contributed by atoms with van der Waals surface area (Å²) in [5.41, 5.74) is 0.302. The van der Waals surface area contributed by atoms with Gasteiger partial charge in [-0.15, -0.1) is 5.10 Å². The lowest BCUT2D eigenvalue weighted by molar-refractivity contribution is 0.0938. The number of amides is 1. The van der Waals surface area contributed by atoms with E-state index in [1.807, 2.05) is 6.92 Å². The van der Waals surface area contributed by atoms with Crippen molar-refractivity contribution in [3.05, 3.63) is 11.9 Å². The molecule has 1 fully saturated rings. The number of carbonyl (C=O) groups excluding carboxylic acids is 1. The van der Waals surface area contributed by atoms with Crippen molar-refractivity contribution in [1.29, 1.82) is 0 Å². The molecule has 0 radical (unpaired) electrons. The second-order valence-corrected chi connectivity index (χ2v) is 5.99. The van der Waals surface area contributed by atoms with Crippen LogP contribution in [0.3, 0.4) is 0 Å². The topological polar surface area (TPSA) is 88.9 Å². The van der Waals surface area contributed by atoms with Gasteiger partial charge in [0, 0.05) is 41.9 Å². The quantitative estimate of drug-likeness (QED) is 0.711. The second kappa shape index (κ2) is 5.57. The predicted octanol–water partition coefficient (Wildman–Crippen LogP) is -1.08. The van der Waals surface area contributed by atoms with E-state index in [-0.39, 0.29) is 11.9 Å². The number of nitrogens with one attached hydrogen (secondary N) is 2. The molecule has 1 aromatic heterocycles.